The summed E-state index contributed by atoms with van der Waals surface area (Å²) in [5.41, 5.74) is 5.04. The number of aryl methyl sites for hydroxylation is 2. The molecule has 0 radical (unpaired) electrons. The molecule has 4 aromatic rings. The summed E-state index contributed by atoms with van der Waals surface area (Å²) >= 11 is 1.56. The number of benzene rings is 2. The quantitative estimate of drug-likeness (QED) is 0.394. The van der Waals surface area contributed by atoms with Crippen LogP contribution in [0, 0.1) is 19.8 Å². The Hall–Kier alpha value is -3.78. The largest absolute Gasteiger partial charge is 0.347 e. The normalized spacial score (nSPS) is 15.7. The lowest BCUT2D eigenvalue weighted by Gasteiger charge is -2.31. The van der Waals surface area contributed by atoms with Gasteiger partial charge in [0, 0.05) is 36.2 Å². The molecule has 0 aliphatic carbocycles. The molecule has 35 heavy (non-hydrogen) atoms. The van der Waals surface area contributed by atoms with Crippen molar-refractivity contribution in [2.75, 3.05) is 28.6 Å². The van der Waals surface area contributed by atoms with Crippen LogP contribution in [0.15, 0.2) is 60.8 Å². The minimum absolute atomic E-state index is 0.0411. The number of hydrogen-bond donors (Lipinski definition) is 2. The van der Waals surface area contributed by atoms with Crippen molar-refractivity contribution in [3.8, 4) is 0 Å². The lowest BCUT2D eigenvalue weighted by molar-refractivity contribution is -0.120. The van der Waals surface area contributed by atoms with Crippen LogP contribution in [0.25, 0.3) is 10.3 Å². The highest BCUT2D eigenvalue weighted by Crippen LogP contribution is 2.30. The first-order chi connectivity index (χ1) is 17.0. The van der Waals surface area contributed by atoms with E-state index in [0.717, 1.165) is 46.1 Å². The number of aromatic nitrogens is 2. The highest BCUT2D eigenvalue weighted by molar-refractivity contribution is 7.21. The summed E-state index contributed by atoms with van der Waals surface area (Å²) in [7, 11) is 0. The first-order valence-corrected chi connectivity index (χ1v) is 12.5. The smallest absolute Gasteiger partial charge is 0.255 e. The summed E-state index contributed by atoms with van der Waals surface area (Å²) in [6, 6.07) is 16.7. The zero-order valence-corrected chi connectivity index (χ0v) is 20.6. The number of nitrogens with zero attached hydrogens (tertiary/aromatic N) is 3. The third-order valence-corrected chi connectivity index (χ3v) is 7.41. The molecule has 1 fully saturated rings. The van der Waals surface area contributed by atoms with Crippen LogP contribution in [-0.2, 0) is 4.79 Å². The number of piperidine rings is 1. The predicted molar refractivity (Wildman–Crippen MR) is 141 cm³/mol. The molecule has 0 saturated carbocycles. The molecular weight excluding hydrogens is 458 g/mol. The molecule has 0 spiro atoms. The van der Waals surface area contributed by atoms with Crippen molar-refractivity contribution in [1.29, 1.82) is 0 Å². The second kappa shape index (κ2) is 9.84. The Kier molecular flexibility index (Phi) is 6.46. The van der Waals surface area contributed by atoms with Crippen LogP contribution >= 0.6 is 11.3 Å². The first-order valence-electron chi connectivity index (χ1n) is 11.7. The maximum absolute atomic E-state index is 13.1. The van der Waals surface area contributed by atoms with Crippen LogP contribution in [0.1, 0.15) is 34.3 Å². The summed E-state index contributed by atoms with van der Waals surface area (Å²) < 4.78 is 0. The molecule has 7 nitrogen and oxygen atoms in total. The van der Waals surface area contributed by atoms with Crippen LogP contribution in [0.3, 0.4) is 0 Å². The molecule has 1 aliphatic heterocycles. The van der Waals surface area contributed by atoms with Gasteiger partial charge in [-0.2, -0.15) is 0 Å². The van der Waals surface area contributed by atoms with Gasteiger partial charge < -0.3 is 15.5 Å². The van der Waals surface area contributed by atoms with Gasteiger partial charge in [-0.15, -0.1) is 0 Å². The maximum Gasteiger partial charge on any atom is 0.255 e. The fraction of sp³-hybridized carbons (Fsp3) is 0.259. The zero-order valence-electron chi connectivity index (χ0n) is 19.7. The molecule has 8 heteroatoms. The Morgan fingerprint density at radius 2 is 1.86 bits per heavy atom. The minimum Gasteiger partial charge on any atom is -0.347 e. The number of carbonyl (C=O) groups excluding carboxylic acids is 2. The molecule has 1 unspecified atom stereocenters. The molecule has 2 N–H and O–H groups in total. The summed E-state index contributed by atoms with van der Waals surface area (Å²) in [6.45, 7) is 5.53. The number of nitrogens with one attached hydrogen (secondary N) is 2. The third kappa shape index (κ3) is 5.17. The van der Waals surface area contributed by atoms with E-state index in [0.29, 0.717) is 17.8 Å². The van der Waals surface area contributed by atoms with Gasteiger partial charge in [0.15, 0.2) is 5.13 Å². The van der Waals surface area contributed by atoms with Gasteiger partial charge in [-0.1, -0.05) is 23.5 Å². The molecule has 2 aromatic heterocycles. The summed E-state index contributed by atoms with van der Waals surface area (Å²) in [5.74, 6) is -0.407. The van der Waals surface area contributed by atoms with E-state index < -0.39 is 0 Å². The molecule has 3 heterocycles. The standard InChI is InChI=1S/C27H27N5O2S/c1-17-10-11-22(14-18(17)2)30-24(33)19-6-3-8-21(15-19)29-25(34)20-7-5-13-32(16-20)27-31-23-9-4-12-28-26(23)35-27/h3-4,6,8-12,14-15,20H,5,7,13,16H2,1-2H3,(H,29,34)(H,30,33). The topological polar surface area (TPSA) is 87.2 Å². The minimum atomic E-state index is -0.211. The van der Waals surface area contributed by atoms with Crippen molar-refractivity contribution >= 4 is 50.0 Å². The van der Waals surface area contributed by atoms with Crippen LogP contribution in [0.2, 0.25) is 0 Å². The molecule has 178 valence electrons. The fourth-order valence-corrected chi connectivity index (χ4v) is 5.21. The van der Waals surface area contributed by atoms with Crippen molar-refractivity contribution in [2.24, 2.45) is 5.92 Å². The second-order valence-electron chi connectivity index (χ2n) is 8.93. The van der Waals surface area contributed by atoms with Crippen molar-refractivity contribution in [3.05, 3.63) is 77.5 Å². The van der Waals surface area contributed by atoms with Crippen molar-refractivity contribution < 1.29 is 9.59 Å². The Balaban J connectivity index is 1.24. The molecule has 2 amide bonds. The van der Waals surface area contributed by atoms with Gasteiger partial charge in [0.05, 0.1) is 5.92 Å². The van der Waals surface area contributed by atoms with Crippen LogP contribution in [-0.4, -0.2) is 34.9 Å². The van der Waals surface area contributed by atoms with Crippen LogP contribution in [0.4, 0.5) is 16.5 Å². The molecule has 1 aliphatic rings. The molecule has 1 saturated heterocycles. The molecule has 2 aromatic carbocycles. The van der Waals surface area contributed by atoms with E-state index in [1.54, 1.807) is 35.7 Å². The number of fused-ring (bicyclic) bond motifs is 1. The van der Waals surface area contributed by atoms with Gasteiger partial charge in [-0.3, -0.25) is 9.59 Å². The molecular formula is C27H27N5O2S. The average molecular weight is 486 g/mol. The number of rotatable bonds is 5. The number of carbonyl (C=O) groups is 2. The predicted octanol–water partition coefficient (Wildman–Crippen LogP) is 5.42. The lowest BCUT2D eigenvalue weighted by atomic mass is 9.97. The number of anilines is 3. The van der Waals surface area contributed by atoms with E-state index in [4.69, 9.17) is 4.98 Å². The van der Waals surface area contributed by atoms with Gasteiger partial charge in [0.2, 0.25) is 5.91 Å². The van der Waals surface area contributed by atoms with Crippen molar-refractivity contribution in [3.63, 3.8) is 0 Å². The number of amides is 2. The zero-order chi connectivity index (χ0) is 24.4. The van der Waals surface area contributed by atoms with Crippen LogP contribution in [0.5, 0.6) is 0 Å². The summed E-state index contributed by atoms with van der Waals surface area (Å²) in [6.07, 6.45) is 3.51. The van der Waals surface area contributed by atoms with Crippen molar-refractivity contribution in [1.82, 2.24) is 9.97 Å². The highest BCUT2D eigenvalue weighted by Gasteiger charge is 2.27. The van der Waals surface area contributed by atoms with E-state index >= 15 is 0 Å². The summed E-state index contributed by atoms with van der Waals surface area (Å²) in [5, 5.41) is 6.85. The van der Waals surface area contributed by atoms with Crippen molar-refractivity contribution in [2.45, 2.75) is 26.7 Å². The van der Waals surface area contributed by atoms with Gasteiger partial charge in [-0.25, -0.2) is 9.97 Å². The Labute approximate surface area is 208 Å². The van der Waals surface area contributed by atoms with E-state index in [2.05, 4.69) is 20.5 Å². The lowest BCUT2D eigenvalue weighted by Crippen LogP contribution is -2.40. The highest BCUT2D eigenvalue weighted by atomic mass is 32.1. The molecule has 1 atom stereocenters. The van der Waals surface area contributed by atoms with E-state index in [1.807, 2.05) is 50.2 Å². The first kappa shape index (κ1) is 23.0. The Morgan fingerprint density at radius 1 is 1.00 bits per heavy atom. The SMILES string of the molecule is Cc1ccc(NC(=O)c2cccc(NC(=O)C3CCCN(c4nc5cccnc5s4)C3)c2)cc1C. The van der Waals surface area contributed by atoms with E-state index in [1.165, 1.54) is 5.56 Å². The van der Waals surface area contributed by atoms with Gasteiger partial charge in [-0.05, 0) is 80.3 Å². The number of thiazole rings is 1. The van der Waals surface area contributed by atoms with Crippen LogP contribution < -0.4 is 15.5 Å². The monoisotopic (exact) mass is 485 g/mol. The molecule has 0 bridgehead atoms. The second-order valence-corrected chi connectivity index (χ2v) is 9.89. The van der Waals surface area contributed by atoms with Gasteiger partial charge in [0.1, 0.15) is 10.3 Å². The van der Waals surface area contributed by atoms with E-state index in [9.17, 15) is 9.59 Å². The number of hydrogen-bond acceptors (Lipinski definition) is 6. The van der Waals surface area contributed by atoms with Gasteiger partial charge >= 0.3 is 0 Å². The maximum atomic E-state index is 13.1. The Bertz CT molecular complexity index is 1370. The van der Waals surface area contributed by atoms with E-state index in [-0.39, 0.29) is 17.7 Å². The third-order valence-electron chi connectivity index (χ3n) is 6.37. The molecule has 5 rings (SSSR count). The number of pyridine rings is 1. The summed E-state index contributed by atoms with van der Waals surface area (Å²) in [4.78, 5) is 38.0. The van der Waals surface area contributed by atoms with Gasteiger partial charge in [0.25, 0.3) is 5.91 Å². The average Bonchev–Trinajstić information content (AvgIpc) is 3.31. The fourth-order valence-electron chi connectivity index (χ4n) is 4.26. The Morgan fingerprint density at radius 3 is 2.69 bits per heavy atom.